The maximum absolute atomic E-state index is 12.0. The van der Waals surface area contributed by atoms with Gasteiger partial charge in [0.05, 0.1) is 30.1 Å². The second kappa shape index (κ2) is 6.62. The number of anilines is 1. The number of carbonyl (C=O) groups is 1. The first kappa shape index (κ1) is 16.0. The molecule has 0 saturated carbocycles. The smallest absolute Gasteiger partial charge is 0.319 e. The van der Waals surface area contributed by atoms with E-state index in [1.54, 1.807) is 17.1 Å². The number of hydrogen-bond donors (Lipinski definition) is 3. The fraction of sp³-hybridized carbons (Fsp3) is 0.375. The monoisotopic (exact) mass is 302 g/mol. The molecule has 0 spiro atoms. The van der Waals surface area contributed by atoms with Gasteiger partial charge in [-0.25, -0.2) is 4.79 Å². The van der Waals surface area contributed by atoms with Crippen LogP contribution in [0.5, 0.6) is 0 Å². The highest BCUT2D eigenvalue weighted by Gasteiger charge is 2.16. The van der Waals surface area contributed by atoms with Crippen molar-refractivity contribution in [3.63, 3.8) is 0 Å². The molecular weight excluding hydrogens is 280 g/mol. The van der Waals surface area contributed by atoms with Gasteiger partial charge in [-0.15, -0.1) is 0 Å². The molecule has 2 amide bonds. The van der Waals surface area contributed by atoms with Gasteiger partial charge in [-0.2, -0.15) is 5.10 Å². The van der Waals surface area contributed by atoms with Crippen LogP contribution in [0.25, 0.3) is 0 Å². The van der Waals surface area contributed by atoms with E-state index in [2.05, 4.69) is 15.7 Å². The summed E-state index contributed by atoms with van der Waals surface area (Å²) < 4.78 is 1.78. The summed E-state index contributed by atoms with van der Waals surface area (Å²) >= 11 is 0. The van der Waals surface area contributed by atoms with Crippen molar-refractivity contribution in [2.75, 3.05) is 11.9 Å². The number of aliphatic hydroxyl groups excluding tert-OH is 1. The van der Waals surface area contributed by atoms with Gasteiger partial charge >= 0.3 is 6.03 Å². The van der Waals surface area contributed by atoms with Gasteiger partial charge in [-0.05, 0) is 26.3 Å². The Hall–Kier alpha value is -2.34. The number of hydrogen-bond acceptors (Lipinski definition) is 3. The van der Waals surface area contributed by atoms with Crippen LogP contribution in [0.15, 0.2) is 42.7 Å². The Morgan fingerprint density at radius 3 is 2.55 bits per heavy atom. The molecule has 0 radical (unpaired) electrons. The highest BCUT2D eigenvalue weighted by Crippen LogP contribution is 2.16. The van der Waals surface area contributed by atoms with E-state index in [0.29, 0.717) is 5.69 Å². The van der Waals surface area contributed by atoms with E-state index in [0.717, 1.165) is 5.56 Å². The van der Waals surface area contributed by atoms with Crippen LogP contribution in [0.4, 0.5) is 10.5 Å². The molecule has 0 bridgehead atoms. The molecule has 0 aliphatic rings. The predicted octanol–water partition coefficient (Wildman–Crippen LogP) is 2.49. The highest BCUT2D eigenvalue weighted by molar-refractivity contribution is 5.89. The zero-order valence-electron chi connectivity index (χ0n) is 13.1. The zero-order valence-corrected chi connectivity index (χ0v) is 13.1. The van der Waals surface area contributed by atoms with Gasteiger partial charge in [0, 0.05) is 6.20 Å². The van der Waals surface area contributed by atoms with Crippen LogP contribution in [0.1, 0.15) is 32.4 Å². The average molecular weight is 302 g/mol. The number of rotatable bonds is 4. The number of amides is 2. The standard InChI is InChI=1S/C16H22N4O2/c1-16(2,3)20-10-13(9-17-20)18-15(22)19-14(11-21)12-7-5-4-6-8-12/h4-10,14,21H,11H2,1-3H3,(H2,18,19,22)/t14-/m1/s1. The van der Waals surface area contributed by atoms with E-state index in [4.69, 9.17) is 0 Å². The minimum Gasteiger partial charge on any atom is -0.394 e. The molecule has 3 N–H and O–H groups in total. The minimum absolute atomic E-state index is 0.145. The topological polar surface area (TPSA) is 79.2 Å². The lowest BCUT2D eigenvalue weighted by Gasteiger charge is -2.19. The van der Waals surface area contributed by atoms with Crippen LogP contribution in [0.2, 0.25) is 0 Å². The molecule has 22 heavy (non-hydrogen) atoms. The maximum Gasteiger partial charge on any atom is 0.319 e. The third-order valence-corrected chi connectivity index (χ3v) is 3.22. The first-order valence-electron chi connectivity index (χ1n) is 7.18. The van der Waals surface area contributed by atoms with Gasteiger partial charge in [0.1, 0.15) is 0 Å². The summed E-state index contributed by atoms with van der Waals surface area (Å²) in [6.07, 6.45) is 3.37. The third-order valence-electron chi connectivity index (χ3n) is 3.22. The number of carbonyl (C=O) groups excluding carboxylic acids is 1. The van der Waals surface area contributed by atoms with Crippen molar-refractivity contribution in [2.45, 2.75) is 32.4 Å². The number of nitrogens with zero attached hydrogens (tertiary/aromatic N) is 2. The van der Waals surface area contributed by atoms with E-state index in [1.807, 2.05) is 51.1 Å². The Kier molecular flexibility index (Phi) is 4.82. The molecule has 6 nitrogen and oxygen atoms in total. The summed E-state index contributed by atoms with van der Waals surface area (Å²) in [4.78, 5) is 12.0. The summed E-state index contributed by atoms with van der Waals surface area (Å²) in [6, 6.07) is 8.52. The molecular formula is C16H22N4O2. The Morgan fingerprint density at radius 1 is 1.32 bits per heavy atom. The lowest BCUT2D eigenvalue weighted by atomic mass is 10.1. The van der Waals surface area contributed by atoms with Crippen molar-refractivity contribution in [1.29, 1.82) is 0 Å². The van der Waals surface area contributed by atoms with Crippen molar-refractivity contribution >= 4 is 11.7 Å². The normalized spacial score (nSPS) is 12.7. The molecule has 0 saturated heterocycles. The first-order valence-corrected chi connectivity index (χ1v) is 7.18. The zero-order chi connectivity index (χ0) is 16.2. The van der Waals surface area contributed by atoms with Crippen LogP contribution in [-0.2, 0) is 5.54 Å². The largest absolute Gasteiger partial charge is 0.394 e. The maximum atomic E-state index is 12.0. The molecule has 1 aromatic carbocycles. The van der Waals surface area contributed by atoms with E-state index < -0.39 is 6.04 Å². The Labute approximate surface area is 130 Å². The fourth-order valence-corrected chi connectivity index (χ4v) is 2.00. The summed E-state index contributed by atoms with van der Waals surface area (Å²) in [7, 11) is 0. The van der Waals surface area contributed by atoms with Crippen molar-refractivity contribution in [2.24, 2.45) is 0 Å². The molecule has 2 aromatic rings. The van der Waals surface area contributed by atoms with Crippen LogP contribution in [0.3, 0.4) is 0 Å². The number of nitrogens with one attached hydrogen (secondary N) is 2. The number of aliphatic hydroxyl groups is 1. The van der Waals surface area contributed by atoms with E-state index in [9.17, 15) is 9.90 Å². The molecule has 0 unspecified atom stereocenters. The Balaban J connectivity index is 1.99. The van der Waals surface area contributed by atoms with Gasteiger partial charge < -0.3 is 15.7 Å². The second-order valence-corrected chi connectivity index (χ2v) is 6.09. The molecule has 2 rings (SSSR count). The molecule has 1 atom stereocenters. The lowest BCUT2D eigenvalue weighted by molar-refractivity contribution is 0.225. The quantitative estimate of drug-likeness (QED) is 0.812. The Morgan fingerprint density at radius 2 is 2.00 bits per heavy atom. The van der Waals surface area contributed by atoms with E-state index in [-0.39, 0.29) is 18.2 Å². The molecule has 6 heteroatoms. The van der Waals surface area contributed by atoms with Gasteiger partial charge in [0.25, 0.3) is 0 Å². The van der Waals surface area contributed by atoms with Gasteiger partial charge in [0.2, 0.25) is 0 Å². The summed E-state index contributed by atoms with van der Waals surface area (Å²) in [6.45, 7) is 5.92. The fourth-order valence-electron chi connectivity index (χ4n) is 2.00. The van der Waals surface area contributed by atoms with E-state index >= 15 is 0 Å². The summed E-state index contributed by atoms with van der Waals surface area (Å²) in [5.74, 6) is 0. The average Bonchev–Trinajstić information content (AvgIpc) is 2.94. The highest BCUT2D eigenvalue weighted by atomic mass is 16.3. The van der Waals surface area contributed by atoms with Crippen molar-refractivity contribution in [1.82, 2.24) is 15.1 Å². The molecule has 0 aliphatic carbocycles. The predicted molar refractivity (Wildman–Crippen MR) is 85.6 cm³/mol. The molecule has 1 heterocycles. The molecule has 0 aliphatic heterocycles. The number of aromatic nitrogens is 2. The van der Waals surface area contributed by atoms with Crippen molar-refractivity contribution in [3.05, 3.63) is 48.3 Å². The van der Waals surface area contributed by atoms with Gasteiger partial charge in [0.15, 0.2) is 0 Å². The van der Waals surface area contributed by atoms with Crippen LogP contribution in [0, 0.1) is 0 Å². The number of benzene rings is 1. The van der Waals surface area contributed by atoms with E-state index in [1.165, 1.54) is 0 Å². The van der Waals surface area contributed by atoms with Crippen LogP contribution in [-0.4, -0.2) is 27.5 Å². The third kappa shape index (κ3) is 4.08. The SMILES string of the molecule is CC(C)(C)n1cc(NC(=O)N[C@H](CO)c2ccccc2)cn1. The van der Waals surface area contributed by atoms with Gasteiger partial charge in [-0.3, -0.25) is 4.68 Å². The molecule has 118 valence electrons. The van der Waals surface area contributed by atoms with Crippen molar-refractivity contribution < 1.29 is 9.90 Å². The minimum atomic E-state index is -0.445. The summed E-state index contributed by atoms with van der Waals surface area (Å²) in [5.41, 5.74) is 1.32. The van der Waals surface area contributed by atoms with Crippen LogP contribution >= 0.6 is 0 Å². The van der Waals surface area contributed by atoms with Crippen LogP contribution < -0.4 is 10.6 Å². The first-order chi connectivity index (χ1) is 10.4. The molecule has 1 aromatic heterocycles. The van der Waals surface area contributed by atoms with Crippen molar-refractivity contribution in [3.8, 4) is 0 Å². The lowest BCUT2D eigenvalue weighted by Crippen LogP contribution is -2.34. The Bertz CT molecular complexity index is 617. The summed E-state index contributed by atoms with van der Waals surface area (Å²) in [5, 5.41) is 19.1. The molecule has 0 fully saturated rings. The van der Waals surface area contributed by atoms with Gasteiger partial charge in [-0.1, -0.05) is 30.3 Å². The number of urea groups is 1. The second-order valence-electron chi connectivity index (χ2n) is 6.09.